The van der Waals surface area contributed by atoms with Crippen molar-refractivity contribution in [2.75, 3.05) is 5.75 Å². The van der Waals surface area contributed by atoms with Crippen LogP contribution in [0, 0.1) is 0 Å². The van der Waals surface area contributed by atoms with Crippen molar-refractivity contribution in [2.45, 2.75) is 11.8 Å². The summed E-state index contributed by atoms with van der Waals surface area (Å²) in [4.78, 5) is 12.4. The number of benzene rings is 2. The van der Waals surface area contributed by atoms with Gasteiger partial charge in [-0.1, -0.05) is 37.3 Å². The number of carbonyl (C=O) groups is 1. The molecule has 0 atom stereocenters. The van der Waals surface area contributed by atoms with Crippen LogP contribution in [-0.4, -0.2) is 16.8 Å². The molecule has 2 rings (SSSR count). The normalized spacial score (nSPS) is 10.3. The van der Waals surface area contributed by atoms with E-state index in [1.54, 1.807) is 23.9 Å². The molecule has 0 aliphatic carbocycles. The van der Waals surface area contributed by atoms with Crippen LogP contribution in [0.4, 0.5) is 0 Å². The van der Waals surface area contributed by atoms with Crippen LogP contribution in [0.3, 0.4) is 0 Å². The predicted octanol–water partition coefficient (Wildman–Crippen LogP) is 4.16. The summed E-state index contributed by atoms with van der Waals surface area (Å²) in [7, 11) is 0. The predicted molar refractivity (Wildman–Crippen MR) is 75.2 cm³/mol. The van der Waals surface area contributed by atoms with Gasteiger partial charge in [0.25, 0.3) is 0 Å². The number of hydrogen-bond acceptors (Lipinski definition) is 2. The molecule has 0 saturated heterocycles. The summed E-state index contributed by atoms with van der Waals surface area (Å²) in [6.45, 7) is 2.11. The average Bonchev–Trinajstić information content (AvgIpc) is 2.40. The molecule has 0 radical (unpaired) electrons. The molecule has 3 heteroatoms. The fraction of sp³-hybridized carbons (Fsp3) is 0.133. The van der Waals surface area contributed by atoms with Crippen LogP contribution in [-0.2, 0) is 0 Å². The Bertz CT molecular complexity index is 547. The van der Waals surface area contributed by atoms with Crippen LogP contribution in [0.15, 0.2) is 53.4 Å². The second kappa shape index (κ2) is 5.74. The van der Waals surface area contributed by atoms with E-state index in [-0.39, 0.29) is 0 Å². The molecule has 0 aliphatic rings. The molecule has 0 aliphatic heterocycles. The molecule has 0 saturated carbocycles. The number of rotatable bonds is 4. The molecular formula is C15H14O2S. The van der Waals surface area contributed by atoms with Gasteiger partial charge >= 0.3 is 5.97 Å². The van der Waals surface area contributed by atoms with E-state index < -0.39 is 5.97 Å². The van der Waals surface area contributed by atoms with E-state index in [4.69, 9.17) is 5.11 Å². The summed E-state index contributed by atoms with van der Waals surface area (Å²) in [5.74, 6) is 0.142. The van der Waals surface area contributed by atoms with Gasteiger partial charge in [0.15, 0.2) is 0 Å². The molecule has 0 bridgehead atoms. The van der Waals surface area contributed by atoms with Gasteiger partial charge in [-0.05, 0) is 35.1 Å². The maximum atomic E-state index is 11.2. The first kappa shape index (κ1) is 12.7. The van der Waals surface area contributed by atoms with Gasteiger partial charge in [0.1, 0.15) is 0 Å². The van der Waals surface area contributed by atoms with Gasteiger partial charge in [0.05, 0.1) is 5.56 Å². The van der Waals surface area contributed by atoms with Crippen molar-refractivity contribution < 1.29 is 9.90 Å². The number of aromatic carboxylic acids is 1. The quantitative estimate of drug-likeness (QED) is 0.836. The average molecular weight is 258 g/mol. The number of thioether (sulfide) groups is 1. The van der Waals surface area contributed by atoms with Gasteiger partial charge in [0, 0.05) is 4.90 Å². The third-order valence-electron chi connectivity index (χ3n) is 2.63. The monoisotopic (exact) mass is 258 g/mol. The minimum atomic E-state index is -0.891. The lowest BCUT2D eigenvalue weighted by molar-refractivity contribution is 0.0697. The summed E-state index contributed by atoms with van der Waals surface area (Å²) in [5.41, 5.74) is 2.04. The zero-order chi connectivity index (χ0) is 13.0. The number of carboxylic acid groups (broad SMARTS) is 1. The molecule has 2 aromatic carbocycles. The fourth-order valence-corrected chi connectivity index (χ4v) is 2.48. The van der Waals surface area contributed by atoms with Crippen molar-refractivity contribution in [3.63, 3.8) is 0 Å². The standard InChI is InChI=1S/C15H14O2S/c1-2-18-12-9-7-11(8-10-12)13-5-3-4-6-14(13)15(16)17/h3-10H,2H2,1H3,(H,16,17). The number of carboxylic acids is 1. The molecule has 18 heavy (non-hydrogen) atoms. The lowest BCUT2D eigenvalue weighted by atomic mass is 10.00. The van der Waals surface area contributed by atoms with Crippen molar-refractivity contribution in [3.8, 4) is 11.1 Å². The van der Waals surface area contributed by atoms with Gasteiger partial charge in [-0.3, -0.25) is 0 Å². The van der Waals surface area contributed by atoms with Gasteiger partial charge in [0.2, 0.25) is 0 Å². The highest BCUT2D eigenvalue weighted by Gasteiger charge is 2.10. The largest absolute Gasteiger partial charge is 0.478 e. The van der Waals surface area contributed by atoms with Crippen molar-refractivity contribution >= 4 is 17.7 Å². The molecule has 0 unspecified atom stereocenters. The first-order chi connectivity index (χ1) is 8.72. The van der Waals surface area contributed by atoms with Crippen molar-refractivity contribution in [2.24, 2.45) is 0 Å². The third kappa shape index (κ3) is 2.74. The molecule has 0 spiro atoms. The summed E-state index contributed by atoms with van der Waals surface area (Å²) >= 11 is 1.77. The van der Waals surface area contributed by atoms with E-state index in [1.165, 1.54) is 4.90 Å². The molecule has 0 amide bonds. The smallest absolute Gasteiger partial charge is 0.336 e. The maximum absolute atomic E-state index is 11.2. The Balaban J connectivity index is 2.39. The maximum Gasteiger partial charge on any atom is 0.336 e. The van der Waals surface area contributed by atoms with Gasteiger partial charge in [-0.15, -0.1) is 11.8 Å². The van der Waals surface area contributed by atoms with Crippen LogP contribution >= 0.6 is 11.8 Å². The fourth-order valence-electron chi connectivity index (χ4n) is 1.82. The third-order valence-corrected chi connectivity index (χ3v) is 3.53. The van der Waals surface area contributed by atoms with Crippen LogP contribution in [0.5, 0.6) is 0 Å². The van der Waals surface area contributed by atoms with E-state index in [9.17, 15) is 4.79 Å². The zero-order valence-corrected chi connectivity index (χ0v) is 10.9. The summed E-state index contributed by atoms with van der Waals surface area (Å²) < 4.78 is 0. The first-order valence-electron chi connectivity index (χ1n) is 5.78. The van der Waals surface area contributed by atoms with E-state index in [2.05, 4.69) is 6.92 Å². The zero-order valence-electron chi connectivity index (χ0n) is 10.1. The van der Waals surface area contributed by atoms with Gasteiger partial charge in [-0.25, -0.2) is 4.79 Å². The van der Waals surface area contributed by atoms with Gasteiger partial charge < -0.3 is 5.11 Å². The lowest BCUT2D eigenvalue weighted by Crippen LogP contribution is -1.98. The Hall–Kier alpha value is -1.74. The summed E-state index contributed by atoms with van der Waals surface area (Å²) in [5, 5.41) is 9.16. The minimum Gasteiger partial charge on any atom is -0.478 e. The molecule has 92 valence electrons. The SMILES string of the molecule is CCSc1ccc(-c2ccccc2C(=O)O)cc1. The Morgan fingerprint density at radius 1 is 1.11 bits per heavy atom. The Morgan fingerprint density at radius 2 is 1.78 bits per heavy atom. The van der Waals surface area contributed by atoms with Crippen LogP contribution < -0.4 is 0 Å². The van der Waals surface area contributed by atoms with Crippen LogP contribution in [0.2, 0.25) is 0 Å². The van der Waals surface area contributed by atoms with Crippen LogP contribution in [0.1, 0.15) is 17.3 Å². The van der Waals surface area contributed by atoms with Crippen molar-refractivity contribution in [1.82, 2.24) is 0 Å². The first-order valence-corrected chi connectivity index (χ1v) is 6.76. The molecule has 2 nitrogen and oxygen atoms in total. The summed E-state index contributed by atoms with van der Waals surface area (Å²) in [6, 6.07) is 15.1. The highest BCUT2D eigenvalue weighted by atomic mass is 32.2. The van der Waals surface area contributed by atoms with Crippen molar-refractivity contribution in [3.05, 3.63) is 54.1 Å². The molecule has 2 aromatic rings. The Labute approximate surface area is 111 Å². The van der Waals surface area contributed by atoms with E-state index >= 15 is 0 Å². The second-order valence-electron chi connectivity index (χ2n) is 3.81. The van der Waals surface area contributed by atoms with Gasteiger partial charge in [-0.2, -0.15) is 0 Å². The van der Waals surface area contributed by atoms with E-state index in [1.807, 2.05) is 36.4 Å². The van der Waals surface area contributed by atoms with E-state index in [0.717, 1.165) is 16.9 Å². The highest BCUT2D eigenvalue weighted by molar-refractivity contribution is 7.99. The Morgan fingerprint density at radius 3 is 2.39 bits per heavy atom. The number of hydrogen-bond donors (Lipinski definition) is 1. The van der Waals surface area contributed by atoms with E-state index in [0.29, 0.717) is 5.56 Å². The Kier molecular flexibility index (Phi) is 4.05. The molecule has 0 aromatic heterocycles. The molecule has 0 heterocycles. The topological polar surface area (TPSA) is 37.3 Å². The molecule has 0 fully saturated rings. The lowest BCUT2D eigenvalue weighted by Gasteiger charge is -2.07. The van der Waals surface area contributed by atoms with Crippen LogP contribution in [0.25, 0.3) is 11.1 Å². The molecule has 1 N–H and O–H groups in total. The second-order valence-corrected chi connectivity index (χ2v) is 5.15. The summed E-state index contributed by atoms with van der Waals surface area (Å²) in [6.07, 6.45) is 0. The highest BCUT2D eigenvalue weighted by Crippen LogP contribution is 2.26. The van der Waals surface area contributed by atoms with Crippen molar-refractivity contribution in [1.29, 1.82) is 0 Å². The minimum absolute atomic E-state index is 0.341. The molecular weight excluding hydrogens is 244 g/mol.